The van der Waals surface area contributed by atoms with Crippen molar-refractivity contribution in [2.75, 3.05) is 18.4 Å². The van der Waals surface area contributed by atoms with E-state index in [0.29, 0.717) is 17.8 Å². The normalized spacial score (nSPS) is 18.3. The van der Waals surface area contributed by atoms with Crippen molar-refractivity contribution in [2.45, 2.75) is 38.8 Å². The molecule has 0 atom stereocenters. The van der Waals surface area contributed by atoms with E-state index in [2.05, 4.69) is 24.1 Å². The van der Waals surface area contributed by atoms with Crippen LogP contribution in [0, 0.1) is 5.82 Å². The van der Waals surface area contributed by atoms with Gasteiger partial charge in [0.15, 0.2) is 5.82 Å². The van der Waals surface area contributed by atoms with Gasteiger partial charge in [0.2, 0.25) is 0 Å². The van der Waals surface area contributed by atoms with Crippen LogP contribution in [-0.4, -0.2) is 30.1 Å². The van der Waals surface area contributed by atoms with Crippen molar-refractivity contribution < 1.29 is 4.39 Å². The quantitative estimate of drug-likeness (QED) is 0.900. The highest BCUT2D eigenvalue weighted by Gasteiger charge is 2.21. The van der Waals surface area contributed by atoms with Gasteiger partial charge in [-0.15, -0.1) is 0 Å². The molecule has 0 aliphatic carbocycles. The van der Waals surface area contributed by atoms with Crippen LogP contribution in [0.2, 0.25) is 5.02 Å². The Morgan fingerprint density at radius 2 is 2.00 bits per heavy atom. The summed E-state index contributed by atoms with van der Waals surface area (Å²) in [6.07, 6.45) is 2.09. The van der Waals surface area contributed by atoms with Crippen molar-refractivity contribution >= 4 is 17.3 Å². The topological polar surface area (TPSA) is 15.3 Å². The largest absolute Gasteiger partial charge is 0.380 e. The fourth-order valence-corrected chi connectivity index (χ4v) is 2.57. The van der Waals surface area contributed by atoms with Gasteiger partial charge >= 0.3 is 0 Å². The fourth-order valence-electron chi connectivity index (χ4n) is 2.40. The zero-order valence-corrected chi connectivity index (χ0v) is 11.7. The first kappa shape index (κ1) is 13.6. The molecule has 1 aromatic rings. The maximum absolute atomic E-state index is 13.8. The fraction of sp³-hybridized carbons (Fsp3) is 0.571. The Bertz CT molecular complexity index is 401. The number of likely N-dealkylation sites (tertiary alicyclic amines) is 1. The molecule has 100 valence electrons. The molecule has 2 nitrogen and oxygen atoms in total. The number of hydrogen-bond acceptors (Lipinski definition) is 2. The third-order valence-electron chi connectivity index (χ3n) is 3.57. The van der Waals surface area contributed by atoms with Crippen LogP contribution in [-0.2, 0) is 0 Å². The maximum Gasteiger partial charge on any atom is 0.164 e. The van der Waals surface area contributed by atoms with Gasteiger partial charge in [-0.2, -0.15) is 0 Å². The van der Waals surface area contributed by atoms with E-state index in [9.17, 15) is 4.39 Å². The molecule has 1 aromatic carbocycles. The predicted octanol–water partition coefficient (Wildman–Crippen LogP) is 3.76. The molecule has 0 unspecified atom stereocenters. The lowest BCUT2D eigenvalue weighted by molar-refractivity contribution is 0.177. The standard InChI is InChI=1S/C14H20ClFN2/c1-10(2)18-8-6-11(7-9-18)17-13-5-3-4-12(15)14(13)16/h3-5,10-11,17H,6-9H2,1-2H3. The van der Waals surface area contributed by atoms with Crippen molar-refractivity contribution in [1.29, 1.82) is 0 Å². The number of nitrogens with zero attached hydrogens (tertiary/aromatic N) is 1. The van der Waals surface area contributed by atoms with Gasteiger partial charge in [0.1, 0.15) is 0 Å². The minimum atomic E-state index is -0.342. The maximum atomic E-state index is 13.8. The number of piperidine rings is 1. The number of anilines is 1. The van der Waals surface area contributed by atoms with Gasteiger partial charge in [-0.3, -0.25) is 0 Å². The third-order valence-corrected chi connectivity index (χ3v) is 3.86. The zero-order valence-electron chi connectivity index (χ0n) is 10.9. The van der Waals surface area contributed by atoms with Crippen molar-refractivity contribution in [3.63, 3.8) is 0 Å². The van der Waals surface area contributed by atoms with Crippen molar-refractivity contribution in [1.82, 2.24) is 4.90 Å². The molecule has 1 aliphatic heterocycles. The Balaban J connectivity index is 1.94. The first-order valence-electron chi connectivity index (χ1n) is 6.52. The Labute approximate surface area is 113 Å². The average molecular weight is 271 g/mol. The molecular formula is C14H20ClFN2. The van der Waals surface area contributed by atoms with Crippen LogP contribution in [0.15, 0.2) is 18.2 Å². The minimum Gasteiger partial charge on any atom is -0.380 e. The highest BCUT2D eigenvalue weighted by atomic mass is 35.5. The summed E-state index contributed by atoms with van der Waals surface area (Å²) >= 11 is 5.77. The van der Waals surface area contributed by atoms with Gasteiger partial charge in [-0.05, 0) is 38.8 Å². The van der Waals surface area contributed by atoms with E-state index in [4.69, 9.17) is 11.6 Å². The second-order valence-electron chi connectivity index (χ2n) is 5.15. The molecule has 0 spiro atoms. The molecule has 1 heterocycles. The first-order valence-corrected chi connectivity index (χ1v) is 6.90. The Kier molecular flexibility index (Phi) is 4.46. The molecule has 1 fully saturated rings. The van der Waals surface area contributed by atoms with Gasteiger partial charge in [0.05, 0.1) is 10.7 Å². The number of halogens is 2. The van der Waals surface area contributed by atoms with E-state index in [1.54, 1.807) is 18.2 Å². The van der Waals surface area contributed by atoms with Gasteiger partial charge in [0.25, 0.3) is 0 Å². The molecule has 0 aromatic heterocycles. The molecule has 4 heteroatoms. The van der Waals surface area contributed by atoms with E-state index in [-0.39, 0.29) is 10.8 Å². The van der Waals surface area contributed by atoms with E-state index in [1.165, 1.54) is 0 Å². The zero-order chi connectivity index (χ0) is 13.1. The van der Waals surface area contributed by atoms with E-state index in [1.807, 2.05) is 0 Å². The summed E-state index contributed by atoms with van der Waals surface area (Å²) in [5.74, 6) is -0.342. The van der Waals surface area contributed by atoms with Crippen molar-refractivity contribution in [2.24, 2.45) is 0 Å². The first-order chi connectivity index (χ1) is 8.58. The smallest absolute Gasteiger partial charge is 0.164 e. The van der Waals surface area contributed by atoms with E-state index >= 15 is 0 Å². The Morgan fingerprint density at radius 3 is 2.61 bits per heavy atom. The molecule has 0 radical (unpaired) electrons. The highest BCUT2D eigenvalue weighted by molar-refractivity contribution is 6.31. The molecule has 0 amide bonds. The van der Waals surface area contributed by atoms with Gasteiger partial charge < -0.3 is 10.2 Å². The lowest BCUT2D eigenvalue weighted by Crippen LogP contribution is -2.42. The van der Waals surface area contributed by atoms with Gasteiger partial charge in [-0.25, -0.2) is 4.39 Å². The van der Waals surface area contributed by atoms with E-state index < -0.39 is 0 Å². The second kappa shape index (κ2) is 5.89. The monoisotopic (exact) mass is 270 g/mol. The number of benzene rings is 1. The third kappa shape index (κ3) is 3.15. The van der Waals surface area contributed by atoms with Crippen LogP contribution in [0.1, 0.15) is 26.7 Å². The summed E-state index contributed by atoms with van der Waals surface area (Å²) in [4.78, 5) is 2.45. The lowest BCUT2D eigenvalue weighted by atomic mass is 10.0. The highest BCUT2D eigenvalue weighted by Crippen LogP contribution is 2.24. The van der Waals surface area contributed by atoms with Crippen LogP contribution in [0.5, 0.6) is 0 Å². The van der Waals surface area contributed by atoms with Crippen LogP contribution in [0.4, 0.5) is 10.1 Å². The second-order valence-corrected chi connectivity index (χ2v) is 5.56. The summed E-state index contributed by atoms with van der Waals surface area (Å²) in [5.41, 5.74) is 0.519. The molecule has 18 heavy (non-hydrogen) atoms. The molecular weight excluding hydrogens is 251 g/mol. The minimum absolute atomic E-state index is 0.180. The predicted molar refractivity (Wildman–Crippen MR) is 74.8 cm³/mol. The lowest BCUT2D eigenvalue weighted by Gasteiger charge is -2.35. The molecule has 1 N–H and O–H groups in total. The SMILES string of the molecule is CC(C)N1CCC(Nc2cccc(Cl)c2F)CC1. The summed E-state index contributed by atoms with van der Waals surface area (Å²) in [6, 6.07) is 6.03. The molecule has 1 aliphatic rings. The number of hydrogen-bond donors (Lipinski definition) is 1. The van der Waals surface area contributed by atoms with Crippen LogP contribution in [0.25, 0.3) is 0 Å². The summed E-state index contributed by atoms with van der Waals surface area (Å²) in [5, 5.41) is 3.44. The van der Waals surface area contributed by atoms with Crippen LogP contribution < -0.4 is 5.32 Å². The average Bonchev–Trinajstić information content (AvgIpc) is 2.36. The Morgan fingerprint density at radius 1 is 1.33 bits per heavy atom. The summed E-state index contributed by atoms with van der Waals surface area (Å²) < 4.78 is 13.8. The van der Waals surface area contributed by atoms with Crippen molar-refractivity contribution in [3.8, 4) is 0 Å². The number of nitrogens with one attached hydrogen (secondary N) is 1. The van der Waals surface area contributed by atoms with Crippen LogP contribution >= 0.6 is 11.6 Å². The molecule has 2 rings (SSSR count). The summed E-state index contributed by atoms with van der Waals surface area (Å²) in [7, 11) is 0. The molecule has 0 bridgehead atoms. The van der Waals surface area contributed by atoms with Crippen molar-refractivity contribution in [3.05, 3.63) is 29.0 Å². The summed E-state index contributed by atoms with van der Waals surface area (Å²) in [6.45, 7) is 6.56. The molecule has 1 saturated heterocycles. The van der Waals surface area contributed by atoms with E-state index in [0.717, 1.165) is 25.9 Å². The van der Waals surface area contributed by atoms with Gasteiger partial charge in [0, 0.05) is 25.2 Å². The Hall–Kier alpha value is -0.800. The van der Waals surface area contributed by atoms with Gasteiger partial charge in [-0.1, -0.05) is 17.7 Å². The molecule has 0 saturated carbocycles. The number of rotatable bonds is 3. The van der Waals surface area contributed by atoms with Crippen LogP contribution in [0.3, 0.4) is 0 Å².